The summed E-state index contributed by atoms with van der Waals surface area (Å²) in [6.07, 6.45) is 1.18. The molecule has 3 nitrogen and oxygen atoms in total. The zero-order valence-electron chi connectivity index (χ0n) is 12.1. The number of nitrogens with one attached hydrogen (secondary N) is 1. The second kappa shape index (κ2) is 9.88. The van der Waals surface area contributed by atoms with Gasteiger partial charge in [0, 0.05) is 54.1 Å². The molecule has 0 saturated carbocycles. The Morgan fingerprint density at radius 1 is 1.47 bits per heavy atom. The summed E-state index contributed by atoms with van der Waals surface area (Å²) in [5.41, 5.74) is 0. The molecule has 0 spiro atoms. The molecule has 1 aromatic rings. The third-order valence-corrected chi connectivity index (χ3v) is 4.99. The smallest absolute Gasteiger partial charge is 0.0589 e. The van der Waals surface area contributed by atoms with Crippen molar-refractivity contribution >= 4 is 27.3 Å². The normalized spacial score (nSPS) is 13.1. The van der Waals surface area contributed by atoms with Crippen LogP contribution in [-0.4, -0.2) is 44.3 Å². The predicted octanol–water partition coefficient (Wildman–Crippen LogP) is 3.35. The molecule has 0 aliphatic carbocycles. The number of ether oxygens (including phenoxy) is 1. The Bertz CT molecular complexity index is 346. The summed E-state index contributed by atoms with van der Waals surface area (Å²) in [5.74, 6) is 0. The largest absolute Gasteiger partial charge is 0.383 e. The first-order valence-corrected chi connectivity index (χ1v) is 8.51. The highest BCUT2D eigenvalue weighted by atomic mass is 79.9. The highest BCUT2D eigenvalue weighted by Crippen LogP contribution is 2.19. The number of thiophene rings is 1. The molecule has 0 aromatic carbocycles. The summed E-state index contributed by atoms with van der Waals surface area (Å²) in [4.78, 5) is 3.86. The summed E-state index contributed by atoms with van der Waals surface area (Å²) in [6, 6.07) is 2.79. The first kappa shape index (κ1) is 17.1. The lowest BCUT2D eigenvalue weighted by Gasteiger charge is -2.28. The van der Waals surface area contributed by atoms with Crippen molar-refractivity contribution in [3.63, 3.8) is 0 Å². The van der Waals surface area contributed by atoms with Crippen molar-refractivity contribution in [2.45, 2.75) is 32.9 Å². The van der Waals surface area contributed by atoms with Crippen LogP contribution in [0.5, 0.6) is 0 Å². The van der Waals surface area contributed by atoms with Crippen LogP contribution in [0.3, 0.4) is 0 Å². The van der Waals surface area contributed by atoms with Crippen LogP contribution in [0.25, 0.3) is 0 Å². The molecule has 1 unspecified atom stereocenters. The molecule has 0 aliphatic heterocycles. The van der Waals surface area contributed by atoms with Crippen molar-refractivity contribution in [3.05, 3.63) is 20.8 Å². The Balaban J connectivity index is 2.23. The summed E-state index contributed by atoms with van der Waals surface area (Å²) in [6.45, 7) is 9.39. The number of nitrogens with zero attached hydrogens (tertiary/aromatic N) is 1. The number of hydrogen-bond acceptors (Lipinski definition) is 4. The SMILES string of the molecule is CCC(C)N(CCNCc1cc(Br)cs1)CCOC. The minimum atomic E-state index is 0.618. The fourth-order valence-electron chi connectivity index (χ4n) is 1.90. The van der Waals surface area contributed by atoms with Crippen LogP contribution in [-0.2, 0) is 11.3 Å². The molecule has 0 saturated heterocycles. The molecule has 5 heteroatoms. The van der Waals surface area contributed by atoms with Gasteiger partial charge >= 0.3 is 0 Å². The van der Waals surface area contributed by atoms with Gasteiger partial charge in [-0.25, -0.2) is 0 Å². The van der Waals surface area contributed by atoms with Crippen LogP contribution in [0.2, 0.25) is 0 Å². The standard InChI is InChI=1S/C14H25BrN2OS/c1-4-12(2)17(7-8-18-3)6-5-16-10-14-9-13(15)11-19-14/h9,11-12,16H,4-8,10H2,1-3H3. The van der Waals surface area contributed by atoms with Crippen LogP contribution in [0, 0.1) is 0 Å². The van der Waals surface area contributed by atoms with Gasteiger partial charge in [-0.15, -0.1) is 11.3 Å². The molecule has 0 aliphatic rings. The predicted molar refractivity (Wildman–Crippen MR) is 86.9 cm³/mol. The first-order chi connectivity index (χ1) is 9.17. The van der Waals surface area contributed by atoms with E-state index in [0.29, 0.717) is 6.04 Å². The Morgan fingerprint density at radius 2 is 2.26 bits per heavy atom. The van der Waals surface area contributed by atoms with Gasteiger partial charge in [-0.2, -0.15) is 0 Å². The van der Waals surface area contributed by atoms with Gasteiger partial charge in [-0.05, 0) is 35.3 Å². The highest BCUT2D eigenvalue weighted by molar-refractivity contribution is 9.10. The summed E-state index contributed by atoms with van der Waals surface area (Å²) in [7, 11) is 1.77. The van der Waals surface area contributed by atoms with Crippen molar-refractivity contribution in [2.24, 2.45) is 0 Å². The van der Waals surface area contributed by atoms with E-state index in [0.717, 1.165) is 32.8 Å². The van der Waals surface area contributed by atoms with Gasteiger partial charge < -0.3 is 10.1 Å². The molecule has 19 heavy (non-hydrogen) atoms. The van der Waals surface area contributed by atoms with Crippen LogP contribution >= 0.6 is 27.3 Å². The van der Waals surface area contributed by atoms with Crippen LogP contribution < -0.4 is 5.32 Å². The Hall–Kier alpha value is 0.0600. The first-order valence-electron chi connectivity index (χ1n) is 6.84. The van der Waals surface area contributed by atoms with E-state index in [2.05, 4.69) is 51.4 Å². The van der Waals surface area contributed by atoms with Crippen molar-refractivity contribution in [2.75, 3.05) is 33.4 Å². The van der Waals surface area contributed by atoms with Crippen LogP contribution in [0.4, 0.5) is 0 Å². The topological polar surface area (TPSA) is 24.5 Å². The third-order valence-electron chi connectivity index (χ3n) is 3.29. The lowest BCUT2D eigenvalue weighted by Crippen LogP contribution is -2.39. The molecule has 1 heterocycles. The van der Waals surface area contributed by atoms with Gasteiger partial charge in [0.15, 0.2) is 0 Å². The van der Waals surface area contributed by atoms with Crippen LogP contribution in [0.15, 0.2) is 15.9 Å². The fraction of sp³-hybridized carbons (Fsp3) is 0.714. The van der Waals surface area contributed by atoms with Gasteiger partial charge in [-0.3, -0.25) is 4.90 Å². The van der Waals surface area contributed by atoms with Crippen molar-refractivity contribution in [1.82, 2.24) is 10.2 Å². The lowest BCUT2D eigenvalue weighted by atomic mass is 10.2. The highest BCUT2D eigenvalue weighted by Gasteiger charge is 2.10. The van der Waals surface area contributed by atoms with Crippen molar-refractivity contribution in [3.8, 4) is 0 Å². The van der Waals surface area contributed by atoms with E-state index in [1.54, 1.807) is 18.4 Å². The lowest BCUT2D eigenvalue weighted by molar-refractivity contribution is 0.123. The zero-order valence-corrected chi connectivity index (χ0v) is 14.5. The molecule has 1 atom stereocenters. The van der Waals surface area contributed by atoms with E-state index >= 15 is 0 Å². The van der Waals surface area contributed by atoms with E-state index < -0.39 is 0 Å². The van der Waals surface area contributed by atoms with E-state index in [4.69, 9.17) is 4.74 Å². The number of methoxy groups -OCH3 is 1. The molecular weight excluding hydrogens is 324 g/mol. The van der Waals surface area contributed by atoms with E-state index in [1.165, 1.54) is 15.8 Å². The Morgan fingerprint density at radius 3 is 2.84 bits per heavy atom. The molecule has 0 amide bonds. The molecule has 1 N–H and O–H groups in total. The number of halogens is 1. The molecular formula is C14H25BrN2OS. The quantitative estimate of drug-likeness (QED) is 0.656. The molecule has 1 aromatic heterocycles. The number of hydrogen-bond donors (Lipinski definition) is 1. The van der Waals surface area contributed by atoms with Crippen LogP contribution in [0.1, 0.15) is 25.1 Å². The second-order valence-corrected chi connectivity index (χ2v) is 6.61. The van der Waals surface area contributed by atoms with E-state index in [-0.39, 0.29) is 0 Å². The maximum absolute atomic E-state index is 5.18. The Kier molecular flexibility index (Phi) is 8.90. The summed E-state index contributed by atoms with van der Waals surface area (Å²) in [5, 5.41) is 5.63. The average molecular weight is 349 g/mol. The molecule has 0 radical (unpaired) electrons. The summed E-state index contributed by atoms with van der Waals surface area (Å²) >= 11 is 5.27. The van der Waals surface area contributed by atoms with Gasteiger partial charge in [0.1, 0.15) is 0 Å². The average Bonchev–Trinajstić information content (AvgIpc) is 2.83. The number of rotatable bonds is 10. The maximum Gasteiger partial charge on any atom is 0.0589 e. The zero-order chi connectivity index (χ0) is 14.1. The second-order valence-electron chi connectivity index (χ2n) is 4.69. The molecule has 1 rings (SSSR count). The van der Waals surface area contributed by atoms with E-state index in [9.17, 15) is 0 Å². The fourth-order valence-corrected chi connectivity index (χ4v) is 3.32. The van der Waals surface area contributed by atoms with Gasteiger partial charge in [0.2, 0.25) is 0 Å². The van der Waals surface area contributed by atoms with E-state index in [1.807, 2.05) is 0 Å². The van der Waals surface area contributed by atoms with Crippen molar-refractivity contribution in [1.29, 1.82) is 0 Å². The maximum atomic E-state index is 5.18. The Labute approximate surface area is 129 Å². The minimum absolute atomic E-state index is 0.618. The van der Waals surface area contributed by atoms with Crippen molar-refractivity contribution < 1.29 is 4.74 Å². The van der Waals surface area contributed by atoms with Gasteiger partial charge in [0.25, 0.3) is 0 Å². The van der Waals surface area contributed by atoms with Gasteiger partial charge in [0.05, 0.1) is 6.61 Å². The summed E-state index contributed by atoms with van der Waals surface area (Å²) < 4.78 is 6.36. The molecule has 0 bridgehead atoms. The third kappa shape index (κ3) is 6.86. The molecule has 110 valence electrons. The van der Waals surface area contributed by atoms with Gasteiger partial charge in [-0.1, -0.05) is 6.92 Å². The molecule has 0 fully saturated rings. The monoisotopic (exact) mass is 348 g/mol. The minimum Gasteiger partial charge on any atom is -0.383 e.